The summed E-state index contributed by atoms with van der Waals surface area (Å²) in [5.41, 5.74) is -1.18. The molecule has 0 aliphatic heterocycles. The smallest absolute Gasteiger partial charge is 0.336 e. The van der Waals surface area contributed by atoms with Gasteiger partial charge in [0.05, 0.1) is 12.2 Å². The summed E-state index contributed by atoms with van der Waals surface area (Å²) in [5.74, 6) is -0.106. The van der Waals surface area contributed by atoms with Crippen LogP contribution in [0.3, 0.4) is 0 Å². The maximum Gasteiger partial charge on any atom is 0.336 e. The summed E-state index contributed by atoms with van der Waals surface area (Å²) in [6.07, 6.45) is 11.7. The van der Waals surface area contributed by atoms with Crippen molar-refractivity contribution in [3.05, 3.63) is 36.5 Å². The highest BCUT2D eigenvalue weighted by Gasteiger charge is 2.32. The van der Waals surface area contributed by atoms with Crippen molar-refractivity contribution in [2.24, 2.45) is 5.92 Å². The molecule has 2 unspecified atom stereocenters. The Morgan fingerprint density at radius 2 is 2.20 bits per heavy atom. The zero-order valence-electron chi connectivity index (χ0n) is 12.6. The minimum Gasteiger partial charge on any atom is -0.462 e. The third kappa shape index (κ3) is 4.64. The maximum absolute atomic E-state index is 12.0. The van der Waals surface area contributed by atoms with Crippen molar-refractivity contribution in [2.45, 2.75) is 51.6 Å². The van der Waals surface area contributed by atoms with Gasteiger partial charge in [-0.05, 0) is 18.4 Å². The Morgan fingerprint density at radius 3 is 2.75 bits per heavy atom. The summed E-state index contributed by atoms with van der Waals surface area (Å²) < 4.78 is 5.32. The van der Waals surface area contributed by atoms with Crippen molar-refractivity contribution in [2.75, 3.05) is 6.61 Å². The van der Waals surface area contributed by atoms with E-state index in [1.54, 1.807) is 12.2 Å². The molecule has 112 valence electrons. The monoisotopic (exact) mass is 278 g/mol. The zero-order valence-corrected chi connectivity index (χ0v) is 12.6. The van der Waals surface area contributed by atoms with Gasteiger partial charge < -0.3 is 9.84 Å². The topological polar surface area (TPSA) is 46.5 Å². The van der Waals surface area contributed by atoms with Crippen LogP contribution in [0, 0.1) is 5.92 Å². The van der Waals surface area contributed by atoms with Gasteiger partial charge in [-0.15, -0.1) is 0 Å². The van der Waals surface area contributed by atoms with Gasteiger partial charge in [-0.1, -0.05) is 57.9 Å². The Bertz CT molecular complexity index is 395. The lowest BCUT2D eigenvalue weighted by atomic mass is 9.88. The number of hydrogen-bond donors (Lipinski definition) is 1. The van der Waals surface area contributed by atoms with Crippen LogP contribution in [0.25, 0.3) is 0 Å². The van der Waals surface area contributed by atoms with Gasteiger partial charge in [0, 0.05) is 6.42 Å². The van der Waals surface area contributed by atoms with Gasteiger partial charge >= 0.3 is 5.97 Å². The van der Waals surface area contributed by atoms with E-state index in [1.807, 2.05) is 12.2 Å². The van der Waals surface area contributed by atoms with Crippen LogP contribution in [-0.4, -0.2) is 23.3 Å². The zero-order chi connectivity index (χ0) is 15.0. The van der Waals surface area contributed by atoms with Gasteiger partial charge in [0.15, 0.2) is 0 Å². The van der Waals surface area contributed by atoms with E-state index < -0.39 is 11.6 Å². The quantitative estimate of drug-likeness (QED) is 0.545. The molecule has 0 aromatic rings. The molecule has 0 radical (unpaired) electrons. The molecule has 1 rings (SSSR count). The Balaban J connectivity index is 2.47. The Kier molecular flexibility index (Phi) is 6.73. The van der Waals surface area contributed by atoms with Crippen LogP contribution in [-0.2, 0) is 9.53 Å². The molecule has 0 fully saturated rings. The molecular weight excluding hydrogens is 252 g/mol. The molecule has 2 atom stereocenters. The van der Waals surface area contributed by atoms with E-state index in [9.17, 15) is 9.90 Å². The molecule has 0 saturated heterocycles. The molecule has 0 amide bonds. The highest BCUT2D eigenvalue weighted by atomic mass is 16.5. The number of carbonyl (C=O) groups excluding carboxylic acids is 1. The van der Waals surface area contributed by atoms with E-state index in [0.29, 0.717) is 18.9 Å². The number of ether oxygens (including phenoxy) is 1. The molecule has 3 heteroatoms. The van der Waals surface area contributed by atoms with Gasteiger partial charge in [-0.3, -0.25) is 0 Å². The van der Waals surface area contributed by atoms with Crippen molar-refractivity contribution in [3.8, 4) is 0 Å². The van der Waals surface area contributed by atoms with Crippen molar-refractivity contribution in [1.29, 1.82) is 0 Å². The van der Waals surface area contributed by atoms with Crippen LogP contribution in [0.2, 0.25) is 0 Å². The Labute approximate surface area is 122 Å². The Hall–Kier alpha value is -1.35. The molecule has 0 heterocycles. The van der Waals surface area contributed by atoms with E-state index in [2.05, 4.69) is 20.4 Å². The lowest BCUT2D eigenvalue weighted by Gasteiger charge is -2.26. The van der Waals surface area contributed by atoms with Gasteiger partial charge in [0.1, 0.15) is 5.60 Å². The highest BCUT2D eigenvalue weighted by Crippen LogP contribution is 2.26. The molecule has 1 aliphatic carbocycles. The molecular formula is C17H26O3. The lowest BCUT2D eigenvalue weighted by Crippen LogP contribution is -2.34. The molecule has 3 nitrogen and oxygen atoms in total. The highest BCUT2D eigenvalue weighted by molar-refractivity contribution is 5.90. The molecule has 0 aromatic heterocycles. The van der Waals surface area contributed by atoms with Crippen LogP contribution in [0.1, 0.15) is 46.0 Å². The summed E-state index contributed by atoms with van der Waals surface area (Å²) in [5, 5.41) is 10.3. The van der Waals surface area contributed by atoms with Crippen LogP contribution >= 0.6 is 0 Å². The largest absolute Gasteiger partial charge is 0.462 e. The van der Waals surface area contributed by atoms with Crippen molar-refractivity contribution < 1.29 is 14.6 Å². The second kappa shape index (κ2) is 8.05. The summed E-state index contributed by atoms with van der Waals surface area (Å²) in [7, 11) is 0. The van der Waals surface area contributed by atoms with Crippen LogP contribution in [0.5, 0.6) is 0 Å². The first kappa shape index (κ1) is 16.7. The number of hydrogen-bond acceptors (Lipinski definition) is 3. The van der Waals surface area contributed by atoms with Gasteiger partial charge in [-0.25, -0.2) is 4.79 Å². The van der Waals surface area contributed by atoms with Crippen LogP contribution < -0.4 is 0 Å². The summed E-state index contributed by atoms with van der Waals surface area (Å²) in [4.78, 5) is 12.0. The first-order valence-electron chi connectivity index (χ1n) is 7.46. The van der Waals surface area contributed by atoms with Crippen molar-refractivity contribution >= 4 is 5.97 Å². The summed E-state index contributed by atoms with van der Waals surface area (Å²) in [6, 6.07) is 0. The van der Waals surface area contributed by atoms with Crippen molar-refractivity contribution in [3.63, 3.8) is 0 Å². The number of esters is 1. The number of rotatable bonds is 8. The predicted molar refractivity (Wildman–Crippen MR) is 81.3 cm³/mol. The fraction of sp³-hybridized carbons (Fsp3) is 0.588. The summed E-state index contributed by atoms with van der Waals surface area (Å²) in [6.45, 7) is 8.37. The number of aliphatic hydroxyl groups is 1. The van der Waals surface area contributed by atoms with Crippen LogP contribution in [0.4, 0.5) is 0 Å². The average molecular weight is 278 g/mol. The maximum atomic E-state index is 12.0. The number of allylic oxidation sites excluding steroid dienone is 2. The molecule has 1 N–H and O–H groups in total. The minimum atomic E-state index is -1.29. The van der Waals surface area contributed by atoms with Crippen LogP contribution in [0.15, 0.2) is 36.5 Å². The standard InChI is InChI=1S/C17H26O3/c1-4-6-10-15(5-2)13-20-16(18)14(3)17(19)11-8-7-9-12-17/h7-9,11,15,19H,3-6,10,12-13H2,1-2H3. The average Bonchev–Trinajstić information content (AvgIpc) is 2.47. The molecule has 1 aliphatic rings. The molecule has 0 spiro atoms. The third-order valence-electron chi connectivity index (χ3n) is 3.81. The second-order valence-corrected chi connectivity index (χ2v) is 5.41. The molecule has 0 aromatic carbocycles. The first-order chi connectivity index (χ1) is 9.53. The fourth-order valence-corrected chi connectivity index (χ4v) is 2.19. The van der Waals surface area contributed by atoms with Crippen molar-refractivity contribution in [1.82, 2.24) is 0 Å². The van der Waals surface area contributed by atoms with Gasteiger partial charge in [0.25, 0.3) is 0 Å². The normalized spacial score (nSPS) is 22.6. The first-order valence-corrected chi connectivity index (χ1v) is 7.46. The SMILES string of the molecule is C=C(C(=O)OCC(CC)CCCC)C1(O)C=CC=CC1. The minimum absolute atomic E-state index is 0.114. The molecule has 20 heavy (non-hydrogen) atoms. The number of carbonyl (C=O) groups is 1. The van der Waals surface area contributed by atoms with E-state index >= 15 is 0 Å². The molecule has 0 saturated carbocycles. The second-order valence-electron chi connectivity index (χ2n) is 5.41. The third-order valence-corrected chi connectivity index (χ3v) is 3.81. The fourth-order valence-electron chi connectivity index (χ4n) is 2.19. The molecule has 0 bridgehead atoms. The van der Waals surface area contributed by atoms with E-state index in [4.69, 9.17) is 4.74 Å². The predicted octanol–water partition coefficient (Wildman–Crippen LogP) is 3.55. The summed E-state index contributed by atoms with van der Waals surface area (Å²) >= 11 is 0. The Morgan fingerprint density at radius 1 is 1.45 bits per heavy atom. The van der Waals surface area contributed by atoms with Gasteiger partial charge in [0.2, 0.25) is 0 Å². The van der Waals surface area contributed by atoms with E-state index in [1.165, 1.54) is 0 Å². The van der Waals surface area contributed by atoms with Gasteiger partial charge in [-0.2, -0.15) is 0 Å². The number of unbranched alkanes of at least 4 members (excludes halogenated alkanes) is 1. The lowest BCUT2D eigenvalue weighted by molar-refractivity contribution is -0.142. The van der Waals surface area contributed by atoms with E-state index in [0.717, 1.165) is 25.7 Å². The van der Waals surface area contributed by atoms with E-state index in [-0.39, 0.29) is 5.57 Å².